The standard InChI is InChI=1S/C13H11N5S/c1-14-11-6-15-7-12(18-11)19-13-9-4-2-3-5-10(9)16-8-17-13/h2-8H,1H3,(H,14,18). The van der Waals surface area contributed by atoms with Gasteiger partial charge >= 0.3 is 0 Å². The summed E-state index contributed by atoms with van der Waals surface area (Å²) in [6, 6.07) is 7.92. The maximum Gasteiger partial charge on any atom is 0.145 e. The zero-order valence-corrected chi connectivity index (χ0v) is 11.1. The molecule has 0 aliphatic heterocycles. The molecule has 0 fully saturated rings. The second-order valence-electron chi connectivity index (χ2n) is 3.79. The van der Waals surface area contributed by atoms with Crippen LogP contribution in [0.2, 0.25) is 0 Å². The number of hydrogen-bond donors (Lipinski definition) is 1. The quantitative estimate of drug-likeness (QED) is 0.737. The summed E-state index contributed by atoms with van der Waals surface area (Å²) in [4.78, 5) is 17.1. The van der Waals surface area contributed by atoms with E-state index in [-0.39, 0.29) is 0 Å². The van der Waals surface area contributed by atoms with E-state index in [9.17, 15) is 0 Å². The van der Waals surface area contributed by atoms with E-state index in [0.717, 1.165) is 26.8 Å². The van der Waals surface area contributed by atoms with Gasteiger partial charge in [0.1, 0.15) is 22.2 Å². The minimum atomic E-state index is 0.739. The third-order valence-electron chi connectivity index (χ3n) is 2.58. The summed E-state index contributed by atoms with van der Waals surface area (Å²) in [5.74, 6) is 0.739. The van der Waals surface area contributed by atoms with Crippen LogP contribution in [0.25, 0.3) is 10.9 Å². The molecule has 94 valence electrons. The largest absolute Gasteiger partial charge is 0.372 e. The fraction of sp³-hybridized carbons (Fsp3) is 0.0769. The SMILES string of the molecule is CNc1cncc(Sc2ncnc3ccccc23)n1. The van der Waals surface area contributed by atoms with Crippen molar-refractivity contribution >= 4 is 28.5 Å². The normalized spacial score (nSPS) is 10.6. The second-order valence-corrected chi connectivity index (χ2v) is 4.80. The second kappa shape index (κ2) is 5.19. The van der Waals surface area contributed by atoms with Gasteiger partial charge in [-0.15, -0.1) is 0 Å². The average molecular weight is 269 g/mol. The Morgan fingerprint density at radius 3 is 2.89 bits per heavy atom. The topological polar surface area (TPSA) is 63.6 Å². The Hall–Kier alpha value is -2.21. The van der Waals surface area contributed by atoms with Crippen molar-refractivity contribution in [3.05, 3.63) is 43.0 Å². The van der Waals surface area contributed by atoms with Gasteiger partial charge in [-0.25, -0.2) is 15.0 Å². The van der Waals surface area contributed by atoms with Gasteiger partial charge in [-0.3, -0.25) is 4.98 Å². The van der Waals surface area contributed by atoms with Crippen LogP contribution in [0.3, 0.4) is 0 Å². The van der Waals surface area contributed by atoms with E-state index in [1.54, 1.807) is 18.7 Å². The molecule has 1 aromatic carbocycles. The summed E-state index contributed by atoms with van der Waals surface area (Å²) in [6.45, 7) is 0. The number of anilines is 1. The summed E-state index contributed by atoms with van der Waals surface area (Å²) in [6.07, 6.45) is 4.98. The summed E-state index contributed by atoms with van der Waals surface area (Å²) in [5, 5.41) is 5.67. The van der Waals surface area contributed by atoms with Crippen LogP contribution in [-0.2, 0) is 0 Å². The van der Waals surface area contributed by atoms with E-state index in [1.165, 1.54) is 11.8 Å². The highest BCUT2D eigenvalue weighted by Gasteiger charge is 2.06. The van der Waals surface area contributed by atoms with Gasteiger partial charge < -0.3 is 5.32 Å². The monoisotopic (exact) mass is 269 g/mol. The van der Waals surface area contributed by atoms with Crippen LogP contribution in [0.1, 0.15) is 0 Å². The van der Waals surface area contributed by atoms with Crippen molar-refractivity contribution in [3.8, 4) is 0 Å². The van der Waals surface area contributed by atoms with Crippen LogP contribution in [0.15, 0.2) is 53.0 Å². The molecule has 0 radical (unpaired) electrons. The molecule has 5 nitrogen and oxygen atoms in total. The minimum Gasteiger partial charge on any atom is -0.372 e. The molecule has 0 saturated heterocycles. The van der Waals surface area contributed by atoms with Gasteiger partial charge in [-0.1, -0.05) is 18.2 Å². The molecule has 0 unspecified atom stereocenters. The van der Waals surface area contributed by atoms with Gasteiger partial charge in [0, 0.05) is 12.4 Å². The van der Waals surface area contributed by atoms with Crippen molar-refractivity contribution in [2.45, 2.75) is 10.1 Å². The molecule has 0 aliphatic rings. The van der Waals surface area contributed by atoms with Crippen LogP contribution < -0.4 is 5.32 Å². The first kappa shape index (κ1) is 11.9. The Labute approximate surface area is 114 Å². The first-order valence-electron chi connectivity index (χ1n) is 5.74. The maximum atomic E-state index is 4.42. The van der Waals surface area contributed by atoms with Gasteiger partial charge in [-0.2, -0.15) is 0 Å². The smallest absolute Gasteiger partial charge is 0.145 e. The van der Waals surface area contributed by atoms with Crippen molar-refractivity contribution in [2.75, 3.05) is 12.4 Å². The molecule has 2 aromatic heterocycles. The fourth-order valence-electron chi connectivity index (χ4n) is 1.68. The molecule has 19 heavy (non-hydrogen) atoms. The van der Waals surface area contributed by atoms with Gasteiger partial charge in [0.2, 0.25) is 0 Å². The lowest BCUT2D eigenvalue weighted by atomic mass is 10.2. The lowest BCUT2D eigenvalue weighted by Gasteiger charge is -2.04. The molecule has 6 heteroatoms. The Kier molecular flexibility index (Phi) is 3.24. The minimum absolute atomic E-state index is 0.739. The Morgan fingerprint density at radius 1 is 1.11 bits per heavy atom. The Morgan fingerprint density at radius 2 is 2.00 bits per heavy atom. The maximum absolute atomic E-state index is 4.42. The van der Waals surface area contributed by atoms with Crippen LogP contribution in [0.4, 0.5) is 5.82 Å². The first-order chi connectivity index (χ1) is 9.36. The molecule has 0 atom stereocenters. The average Bonchev–Trinajstić information content (AvgIpc) is 2.48. The first-order valence-corrected chi connectivity index (χ1v) is 6.56. The number of benzene rings is 1. The van der Waals surface area contributed by atoms with Crippen molar-refractivity contribution in [1.29, 1.82) is 0 Å². The highest BCUT2D eigenvalue weighted by atomic mass is 32.2. The van der Waals surface area contributed by atoms with Gasteiger partial charge in [-0.05, 0) is 17.8 Å². The van der Waals surface area contributed by atoms with E-state index in [2.05, 4.69) is 25.3 Å². The van der Waals surface area contributed by atoms with Crippen LogP contribution in [-0.4, -0.2) is 27.0 Å². The predicted octanol–water partition coefficient (Wildman–Crippen LogP) is 2.61. The van der Waals surface area contributed by atoms with Gasteiger partial charge in [0.15, 0.2) is 0 Å². The number of para-hydroxylation sites is 1. The number of nitrogens with zero attached hydrogens (tertiary/aromatic N) is 4. The Balaban J connectivity index is 2.01. The molecule has 0 saturated carbocycles. The lowest BCUT2D eigenvalue weighted by Crippen LogP contribution is -1.94. The summed E-state index contributed by atoms with van der Waals surface area (Å²) in [7, 11) is 1.82. The predicted molar refractivity (Wildman–Crippen MR) is 75.2 cm³/mol. The molecular formula is C13H11N5S. The molecule has 3 aromatic rings. The molecular weight excluding hydrogens is 258 g/mol. The van der Waals surface area contributed by atoms with Crippen molar-refractivity contribution in [3.63, 3.8) is 0 Å². The van der Waals surface area contributed by atoms with Crippen molar-refractivity contribution < 1.29 is 0 Å². The van der Waals surface area contributed by atoms with E-state index < -0.39 is 0 Å². The van der Waals surface area contributed by atoms with E-state index >= 15 is 0 Å². The number of fused-ring (bicyclic) bond motifs is 1. The third-order valence-corrected chi connectivity index (χ3v) is 3.50. The fourth-order valence-corrected chi connectivity index (χ4v) is 2.52. The van der Waals surface area contributed by atoms with Crippen molar-refractivity contribution in [2.24, 2.45) is 0 Å². The van der Waals surface area contributed by atoms with Gasteiger partial charge in [0.25, 0.3) is 0 Å². The molecule has 0 spiro atoms. The zero-order chi connectivity index (χ0) is 13.1. The lowest BCUT2D eigenvalue weighted by molar-refractivity contribution is 1.04. The number of hydrogen-bond acceptors (Lipinski definition) is 6. The highest BCUT2D eigenvalue weighted by molar-refractivity contribution is 7.99. The van der Waals surface area contributed by atoms with Gasteiger partial charge in [0.05, 0.1) is 17.9 Å². The molecule has 2 heterocycles. The number of aromatic nitrogens is 4. The third kappa shape index (κ3) is 2.48. The van der Waals surface area contributed by atoms with Crippen molar-refractivity contribution in [1.82, 2.24) is 19.9 Å². The van der Waals surface area contributed by atoms with E-state index in [0.29, 0.717) is 0 Å². The summed E-state index contributed by atoms with van der Waals surface area (Å²) < 4.78 is 0. The van der Waals surface area contributed by atoms with E-state index in [1.807, 2.05) is 31.3 Å². The van der Waals surface area contributed by atoms with E-state index in [4.69, 9.17) is 0 Å². The highest BCUT2D eigenvalue weighted by Crippen LogP contribution is 2.29. The number of nitrogens with one attached hydrogen (secondary N) is 1. The van der Waals surface area contributed by atoms with Crippen LogP contribution in [0.5, 0.6) is 0 Å². The summed E-state index contributed by atoms with van der Waals surface area (Å²) >= 11 is 1.48. The molecule has 3 rings (SSSR count). The van der Waals surface area contributed by atoms with Crippen LogP contribution >= 0.6 is 11.8 Å². The Bertz CT molecular complexity index is 711. The molecule has 0 amide bonds. The summed E-state index contributed by atoms with van der Waals surface area (Å²) in [5.41, 5.74) is 0.928. The molecule has 1 N–H and O–H groups in total. The number of rotatable bonds is 3. The molecule has 0 bridgehead atoms. The zero-order valence-electron chi connectivity index (χ0n) is 10.2. The van der Waals surface area contributed by atoms with Crippen LogP contribution in [0, 0.1) is 0 Å². The molecule has 0 aliphatic carbocycles.